The standard InChI is InChI=1S/C26H26N4OS/c1-15-7-4-5-8-19(15)18-13-27-26(28-14-18)30-24(31)20-9-6-10-21(20)25-29-22-11-16(2)17(3)12-23(22)32-25/h4-5,7-8,11-14,20-21H,6,9-10H2,1-3H3,(H,27,28,30,31). The summed E-state index contributed by atoms with van der Waals surface area (Å²) >= 11 is 1.72. The van der Waals surface area contributed by atoms with Gasteiger partial charge in [-0.1, -0.05) is 30.7 Å². The van der Waals surface area contributed by atoms with Crippen molar-refractivity contribution in [2.75, 3.05) is 5.32 Å². The fraction of sp³-hybridized carbons (Fsp3) is 0.308. The number of nitrogens with zero attached hydrogens (tertiary/aromatic N) is 3. The van der Waals surface area contributed by atoms with Gasteiger partial charge in [0.15, 0.2) is 0 Å². The Labute approximate surface area is 192 Å². The number of amides is 1. The molecule has 2 aromatic heterocycles. The van der Waals surface area contributed by atoms with Crippen molar-refractivity contribution in [2.24, 2.45) is 5.92 Å². The van der Waals surface area contributed by atoms with E-state index in [0.717, 1.165) is 40.9 Å². The molecular weight excluding hydrogens is 416 g/mol. The van der Waals surface area contributed by atoms with Crippen LogP contribution in [-0.2, 0) is 4.79 Å². The maximum Gasteiger partial charge on any atom is 0.230 e. The van der Waals surface area contributed by atoms with E-state index < -0.39 is 0 Å². The SMILES string of the molecule is Cc1cc2nc(C3CCCC3C(=O)Nc3ncc(-c4ccccc4C)cn3)sc2cc1C. The van der Waals surface area contributed by atoms with Gasteiger partial charge in [0.25, 0.3) is 0 Å². The Hall–Kier alpha value is -3.12. The van der Waals surface area contributed by atoms with Gasteiger partial charge in [-0.25, -0.2) is 15.0 Å². The summed E-state index contributed by atoms with van der Waals surface area (Å²) in [5, 5.41) is 4.01. The number of nitrogens with one attached hydrogen (secondary N) is 1. The van der Waals surface area contributed by atoms with E-state index in [2.05, 4.69) is 60.3 Å². The van der Waals surface area contributed by atoms with Gasteiger partial charge in [0.2, 0.25) is 11.9 Å². The molecular formula is C26H26N4OS. The van der Waals surface area contributed by atoms with Gasteiger partial charge in [0, 0.05) is 29.8 Å². The zero-order valence-electron chi connectivity index (χ0n) is 18.6. The number of carbonyl (C=O) groups is 1. The molecule has 1 saturated carbocycles. The van der Waals surface area contributed by atoms with E-state index in [4.69, 9.17) is 4.98 Å². The van der Waals surface area contributed by atoms with E-state index in [-0.39, 0.29) is 17.7 Å². The number of rotatable bonds is 4. The molecule has 0 radical (unpaired) electrons. The fourth-order valence-electron chi connectivity index (χ4n) is 4.56. The van der Waals surface area contributed by atoms with Crippen molar-refractivity contribution in [1.82, 2.24) is 15.0 Å². The van der Waals surface area contributed by atoms with E-state index in [9.17, 15) is 4.79 Å². The van der Waals surface area contributed by atoms with Gasteiger partial charge in [0.1, 0.15) is 0 Å². The monoisotopic (exact) mass is 442 g/mol. The molecule has 6 heteroatoms. The third kappa shape index (κ3) is 3.91. The van der Waals surface area contributed by atoms with Gasteiger partial charge in [-0.15, -0.1) is 11.3 Å². The summed E-state index contributed by atoms with van der Waals surface area (Å²) in [4.78, 5) is 26.8. The number of hydrogen-bond acceptors (Lipinski definition) is 5. The lowest BCUT2D eigenvalue weighted by Crippen LogP contribution is -2.25. The van der Waals surface area contributed by atoms with Gasteiger partial charge >= 0.3 is 0 Å². The lowest BCUT2D eigenvalue weighted by atomic mass is 9.96. The predicted molar refractivity (Wildman–Crippen MR) is 130 cm³/mol. The first-order valence-corrected chi connectivity index (χ1v) is 11.9. The molecule has 1 N–H and O–H groups in total. The highest BCUT2D eigenvalue weighted by atomic mass is 32.1. The lowest BCUT2D eigenvalue weighted by molar-refractivity contribution is -0.120. The minimum Gasteiger partial charge on any atom is -0.294 e. The summed E-state index contributed by atoms with van der Waals surface area (Å²) in [5.74, 6) is 0.396. The van der Waals surface area contributed by atoms with Crippen molar-refractivity contribution in [2.45, 2.75) is 46.0 Å². The number of benzene rings is 2. The van der Waals surface area contributed by atoms with Crippen LogP contribution in [0.2, 0.25) is 0 Å². The Morgan fingerprint density at radius 3 is 2.53 bits per heavy atom. The fourth-order valence-corrected chi connectivity index (χ4v) is 5.80. The third-order valence-corrected chi connectivity index (χ3v) is 7.68. The minimum absolute atomic E-state index is 0.0113. The van der Waals surface area contributed by atoms with Crippen LogP contribution in [-0.4, -0.2) is 20.9 Å². The van der Waals surface area contributed by atoms with Crippen LogP contribution < -0.4 is 5.32 Å². The average Bonchev–Trinajstić information content (AvgIpc) is 3.42. The van der Waals surface area contributed by atoms with Crippen LogP contribution in [0.1, 0.15) is 46.9 Å². The van der Waals surface area contributed by atoms with Crippen LogP contribution in [0.25, 0.3) is 21.3 Å². The highest BCUT2D eigenvalue weighted by molar-refractivity contribution is 7.18. The minimum atomic E-state index is -0.0996. The number of aromatic nitrogens is 3. The third-order valence-electron chi connectivity index (χ3n) is 6.53. The molecule has 4 aromatic rings. The highest BCUT2D eigenvalue weighted by Crippen LogP contribution is 2.43. The normalized spacial score (nSPS) is 18.2. The number of carbonyl (C=O) groups excluding carboxylic acids is 1. The molecule has 0 saturated heterocycles. The van der Waals surface area contributed by atoms with Crippen LogP contribution in [0.3, 0.4) is 0 Å². The number of anilines is 1. The highest BCUT2D eigenvalue weighted by Gasteiger charge is 2.36. The smallest absolute Gasteiger partial charge is 0.230 e. The van der Waals surface area contributed by atoms with Crippen LogP contribution in [0, 0.1) is 26.7 Å². The number of fused-ring (bicyclic) bond motifs is 1. The van der Waals surface area contributed by atoms with Gasteiger partial charge in [-0.2, -0.15) is 0 Å². The summed E-state index contributed by atoms with van der Waals surface area (Å²) in [6.45, 7) is 6.31. The summed E-state index contributed by atoms with van der Waals surface area (Å²) in [6, 6.07) is 12.5. The Balaban J connectivity index is 1.33. The van der Waals surface area contributed by atoms with E-state index in [1.807, 2.05) is 12.1 Å². The Kier molecular flexibility index (Phi) is 5.47. The van der Waals surface area contributed by atoms with Gasteiger partial charge < -0.3 is 0 Å². The molecule has 2 heterocycles. The molecule has 1 aliphatic rings. The second kappa shape index (κ2) is 8.43. The molecule has 1 fully saturated rings. The number of hydrogen-bond donors (Lipinski definition) is 1. The largest absolute Gasteiger partial charge is 0.294 e. The first-order valence-electron chi connectivity index (χ1n) is 11.1. The molecule has 1 aliphatic carbocycles. The zero-order valence-corrected chi connectivity index (χ0v) is 19.4. The second-order valence-electron chi connectivity index (χ2n) is 8.70. The average molecular weight is 443 g/mol. The number of aryl methyl sites for hydroxylation is 3. The first kappa shape index (κ1) is 20.8. The van der Waals surface area contributed by atoms with Crippen molar-refractivity contribution in [3.8, 4) is 11.1 Å². The van der Waals surface area contributed by atoms with Gasteiger partial charge in [0.05, 0.1) is 15.2 Å². The van der Waals surface area contributed by atoms with E-state index in [1.165, 1.54) is 21.4 Å². The van der Waals surface area contributed by atoms with E-state index in [1.54, 1.807) is 23.7 Å². The van der Waals surface area contributed by atoms with E-state index in [0.29, 0.717) is 5.95 Å². The molecule has 162 valence electrons. The molecule has 2 aromatic carbocycles. The Morgan fingerprint density at radius 2 is 1.75 bits per heavy atom. The maximum absolute atomic E-state index is 13.1. The molecule has 5 rings (SSSR count). The molecule has 32 heavy (non-hydrogen) atoms. The van der Waals surface area contributed by atoms with Crippen molar-refractivity contribution in [3.63, 3.8) is 0 Å². The molecule has 0 spiro atoms. The maximum atomic E-state index is 13.1. The van der Waals surface area contributed by atoms with Crippen molar-refractivity contribution >= 4 is 33.4 Å². The Bertz CT molecular complexity index is 1260. The van der Waals surface area contributed by atoms with Crippen LogP contribution >= 0.6 is 11.3 Å². The lowest BCUT2D eigenvalue weighted by Gasteiger charge is -2.16. The summed E-state index contributed by atoms with van der Waals surface area (Å²) < 4.78 is 1.20. The quantitative estimate of drug-likeness (QED) is 0.408. The topological polar surface area (TPSA) is 67.8 Å². The second-order valence-corrected chi connectivity index (χ2v) is 9.76. The van der Waals surface area contributed by atoms with Crippen molar-refractivity contribution in [1.29, 1.82) is 0 Å². The van der Waals surface area contributed by atoms with Gasteiger partial charge in [-0.05, 0) is 68.0 Å². The molecule has 2 unspecified atom stereocenters. The molecule has 2 atom stereocenters. The summed E-state index contributed by atoms with van der Waals surface area (Å²) in [6.07, 6.45) is 6.43. The molecule has 0 bridgehead atoms. The summed E-state index contributed by atoms with van der Waals surface area (Å²) in [5.41, 5.74) is 6.78. The van der Waals surface area contributed by atoms with E-state index >= 15 is 0 Å². The van der Waals surface area contributed by atoms with Gasteiger partial charge in [-0.3, -0.25) is 10.1 Å². The van der Waals surface area contributed by atoms with Crippen molar-refractivity contribution < 1.29 is 4.79 Å². The van der Waals surface area contributed by atoms with Crippen LogP contribution in [0.4, 0.5) is 5.95 Å². The first-order chi connectivity index (χ1) is 15.5. The Morgan fingerprint density at radius 1 is 1.00 bits per heavy atom. The van der Waals surface area contributed by atoms with Crippen LogP contribution in [0.5, 0.6) is 0 Å². The molecule has 5 nitrogen and oxygen atoms in total. The predicted octanol–water partition coefficient (Wildman–Crippen LogP) is 6.20. The zero-order chi connectivity index (χ0) is 22.2. The molecule has 1 amide bonds. The van der Waals surface area contributed by atoms with Crippen molar-refractivity contribution in [3.05, 3.63) is 70.5 Å². The summed E-state index contributed by atoms with van der Waals surface area (Å²) in [7, 11) is 0. The number of thiazole rings is 1. The van der Waals surface area contributed by atoms with Crippen LogP contribution in [0.15, 0.2) is 48.8 Å². The molecule has 0 aliphatic heterocycles.